The average molecular weight is 352 g/mol. The molecular weight excluding hydrogens is 327 g/mol. The molecule has 1 heterocycles. The van der Waals surface area contributed by atoms with Gasteiger partial charge >= 0.3 is 0 Å². The molecule has 0 aromatic rings. The van der Waals surface area contributed by atoms with E-state index in [9.17, 15) is 4.39 Å². The smallest absolute Gasteiger partial charge is 0.133 e. The Morgan fingerprint density at radius 1 is 1.42 bits per heavy atom. The van der Waals surface area contributed by atoms with E-state index >= 15 is 0 Å². The minimum Gasteiger partial charge on any atom is -0.400 e. The number of halogens is 1. The molecule has 0 amide bonds. The predicted molar refractivity (Wildman–Crippen MR) is 97.2 cm³/mol. The largest absolute Gasteiger partial charge is 0.400 e. The Morgan fingerprint density at radius 2 is 2.12 bits per heavy atom. The average Bonchev–Trinajstić information content (AvgIpc) is 2.61. The first kappa shape index (κ1) is 20.1. The number of allylic oxidation sites excluding steroid dienone is 5. The number of nitriles is 1. The molecule has 3 N–H and O–H groups in total. The van der Waals surface area contributed by atoms with Gasteiger partial charge in [0.25, 0.3) is 0 Å². The minimum absolute atomic E-state index is 0.149. The van der Waals surface area contributed by atoms with Gasteiger partial charge in [0.1, 0.15) is 11.2 Å². The molecule has 0 aliphatic carbocycles. The maximum absolute atomic E-state index is 13.7. The number of nitrogens with two attached hydrogens (primary N) is 1. The maximum atomic E-state index is 13.7. The molecule has 0 aromatic heterocycles. The van der Waals surface area contributed by atoms with E-state index < -0.39 is 0 Å². The summed E-state index contributed by atoms with van der Waals surface area (Å²) in [4.78, 5) is 2.14. The second-order valence-corrected chi connectivity index (χ2v) is 6.02. The van der Waals surface area contributed by atoms with Crippen molar-refractivity contribution >= 4 is 11.8 Å². The normalized spacial score (nSPS) is 17.7. The second kappa shape index (κ2) is 11.6. The van der Waals surface area contributed by atoms with E-state index in [1.54, 1.807) is 13.1 Å². The number of thioether (sulfide) groups is 1. The Morgan fingerprint density at radius 3 is 2.75 bits per heavy atom. The van der Waals surface area contributed by atoms with E-state index in [1.165, 1.54) is 6.08 Å². The first-order valence-corrected chi connectivity index (χ1v) is 8.78. The van der Waals surface area contributed by atoms with Gasteiger partial charge in [-0.15, -0.1) is 0 Å². The molecule has 0 atom stereocenters. The lowest BCUT2D eigenvalue weighted by atomic mass is 10.2. The molecule has 1 saturated heterocycles. The van der Waals surface area contributed by atoms with Gasteiger partial charge in [0.05, 0.1) is 13.2 Å². The molecule has 0 unspecified atom stereocenters. The van der Waals surface area contributed by atoms with Crippen molar-refractivity contribution in [2.45, 2.75) is 20.3 Å². The number of morpholine rings is 1. The summed E-state index contributed by atoms with van der Waals surface area (Å²) in [6, 6.07) is 0. The minimum atomic E-state index is -0.149. The lowest BCUT2D eigenvalue weighted by Gasteiger charge is -2.30. The van der Waals surface area contributed by atoms with Crippen molar-refractivity contribution < 1.29 is 9.13 Å². The van der Waals surface area contributed by atoms with Crippen LogP contribution in [0.25, 0.3) is 0 Å². The highest BCUT2D eigenvalue weighted by Crippen LogP contribution is 2.18. The molecular formula is C17H25FN4OS. The summed E-state index contributed by atoms with van der Waals surface area (Å²) >= 11 is 1.09. The van der Waals surface area contributed by atoms with Gasteiger partial charge in [0.15, 0.2) is 0 Å². The van der Waals surface area contributed by atoms with Crippen LogP contribution in [0.3, 0.4) is 0 Å². The van der Waals surface area contributed by atoms with Crippen molar-refractivity contribution in [3.05, 3.63) is 47.3 Å². The molecule has 1 rings (SSSR count). The van der Waals surface area contributed by atoms with Gasteiger partial charge in [-0.3, -0.25) is 0 Å². The molecule has 132 valence electrons. The van der Waals surface area contributed by atoms with Crippen LogP contribution in [-0.2, 0) is 4.74 Å². The van der Waals surface area contributed by atoms with Crippen LogP contribution >= 0.6 is 11.8 Å². The summed E-state index contributed by atoms with van der Waals surface area (Å²) in [5.74, 6) is 0.308. The van der Waals surface area contributed by atoms with Crippen LogP contribution in [0, 0.1) is 10.7 Å². The summed E-state index contributed by atoms with van der Waals surface area (Å²) in [5.41, 5.74) is 8.16. The molecule has 5 nitrogen and oxygen atoms in total. The molecule has 1 fully saturated rings. The molecule has 0 saturated carbocycles. The molecule has 7 heteroatoms. The first-order chi connectivity index (χ1) is 11.6. The maximum Gasteiger partial charge on any atom is 0.133 e. The fourth-order valence-corrected chi connectivity index (χ4v) is 2.35. The quantitative estimate of drug-likeness (QED) is 0.517. The number of nitrogens with zero attached hydrogens (tertiary/aromatic N) is 2. The summed E-state index contributed by atoms with van der Waals surface area (Å²) in [6.07, 6.45) is 7.25. The van der Waals surface area contributed by atoms with Crippen molar-refractivity contribution in [1.82, 2.24) is 10.2 Å². The molecule has 24 heavy (non-hydrogen) atoms. The number of hydrogen-bond acceptors (Lipinski definition) is 6. The third-order valence-corrected chi connectivity index (χ3v) is 4.00. The first-order valence-electron chi connectivity index (χ1n) is 7.79. The van der Waals surface area contributed by atoms with Crippen molar-refractivity contribution in [2.75, 3.05) is 32.1 Å². The van der Waals surface area contributed by atoms with Crippen molar-refractivity contribution in [3.8, 4) is 5.40 Å². The van der Waals surface area contributed by atoms with E-state index in [1.807, 2.05) is 24.5 Å². The van der Waals surface area contributed by atoms with Crippen molar-refractivity contribution in [2.24, 2.45) is 5.73 Å². The lowest BCUT2D eigenvalue weighted by Crippen LogP contribution is -2.35. The van der Waals surface area contributed by atoms with E-state index in [2.05, 4.69) is 10.2 Å². The van der Waals surface area contributed by atoms with Gasteiger partial charge in [-0.2, -0.15) is 5.26 Å². The lowest BCUT2D eigenvalue weighted by molar-refractivity contribution is 0.0523. The van der Waals surface area contributed by atoms with Gasteiger partial charge in [0, 0.05) is 48.6 Å². The van der Waals surface area contributed by atoms with Crippen molar-refractivity contribution in [1.29, 1.82) is 5.26 Å². The molecule has 0 radical (unpaired) electrons. The third kappa shape index (κ3) is 8.09. The van der Waals surface area contributed by atoms with Crippen LogP contribution in [0.5, 0.6) is 0 Å². The molecule has 0 bridgehead atoms. The van der Waals surface area contributed by atoms with Crippen LogP contribution in [0.15, 0.2) is 47.3 Å². The second-order valence-electron chi connectivity index (χ2n) is 5.26. The fraction of sp³-hybridized carbons (Fsp3) is 0.471. The Balaban J connectivity index is 2.74. The summed E-state index contributed by atoms with van der Waals surface area (Å²) in [7, 11) is 0. The number of nitrogens with one attached hydrogen (secondary N) is 1. The molecule has 0 spiro atoms. The highest BCUT2D eigenvalue weighted by atomic mass is 32.2. The summed E-state index contributed by atoms with van der Waals surface area (Å²) in [6.45, 7) is 6.45. The standard InChI is InChI=1S/C17H25FN4OS/c1-3-15(18)10-17(22-6-8-23-9-7-22)5-4-14(2)21-11-16(20)12-24-13-19/h3-5,11,21H,6-10,12,20H2,1-2H3/b14-4+,15-3+,16-11-,17-5+. The fourth-order valence-electron chi connectivity index (χ4n) is 2.03. The van der Waals surface area contributed by atoms with Crippen LogP contribution in [0.2, 0.25) is 0 Å². The monoisotopic (exact) mass is 352 g/mol. The van der Waals surface area contributed by atoms with Crippen LogP contribution < -0.4 is 11.1 Å². The predicted octanol–water partition coefficient (Wildman–Crippen LogP) is 2.97. The van der Waals surface area contributed by atoms with Gasteiger partial charge in [0.2, 0.25) is 0 Å². The molecule has 1 aliphatic rings. The number of rotatable bonds is 8. The summed E-state index contributed by atoms with van der Waals surface area (Å²) in [5, 5.41) is 13.5. The Kier molecular flexibility index (Phi) is 9.73. The highest BCUT2D eigenvalue weighted by Gasteiger charge is 2.14. The van der Waals surface area contributed by atoms with Gasteiger partial charge in [-0.1, -0.05) is 6.08 Å². The van der Waals surface area contributed by atoms with Crippen LogP contribution in [0.4, 0.5) is 4.39 Å². The van der Waals surface area contributed by atoms with E-state index in [0.717, 1.165) is 36.2 Å². The zero-order chi connectivity index (χ0) is 17.8. The zero-order valence-corrected chi connectivity index (χ0v) is 15.0. The Labute approximate surface area is 147 Å². The van der Waals surface area contributed by atoms with Gasteiger partial charge in [-0.05, 0) is 37.8 Å². The van der Waals surface area contributed by atoms with E-state index in [4.69, 9.17) is 15.7 Å². The van der Waals surface area contributed by atoms with Gasteiger partial charge in [-0.25, -0.2) is 4.39 Å². The summed E-state index contributed by atoms with van der Waals surface area (Å²) < 4.78 is 19.1. The SMILES string of the molecule is C/C=C(/F)C/C(=C\C=C(/C)N/C=C(\N)CSC#N)N1CCOCC1. The highest BCUT2D eigenvalue weighted by molar-refractivity contribution is 8.03. The Bertz CT molecular complexity index is 557. The molecule has 0 aromatic carbocycles. The van der Waals surface area contributed by atoms with E-state index in [0.29, 0.717) is 24.7 Å². The van der Waals surface area contributed by atoms with Crippen LogP contribution in [0.1, 0.15) is 20.3 Å². The van der Waals surface area contributed by atoms with Crippen molar-refractivity contribution in [3.63, 3.8) is 0 Å². The number of thiocyanates is 1. The third-order valence-electron chi connectivity index (χ3n) is 3.39. The Hall–Kier alpha value is -1.91. The van der Waals surface area contributed by atoms with Crippen LogP contribution in [-0.4, -0.2) is 37.0 Å². The number of hydrogen-bond donors (Lipinski definition) is 2. The zero-order valence-electron chi connectivity index (χ0n) is 14.2. The molecule has 1 aliphatic heterocycles. The van der Waals surface area contributed by atoms with Gasteiger partial charge < -0.3 is 20.7 Å². The van der Waals surface area contributed by atoms with E-state index in [-0.39, 0.29) is 12.2 Å². The topological polar surface area (TPSA) is 74.3 Å². The number of ether oxygens (including phenoxy) is 1.